The summed E-state index contributed by atoms with van der Waals surface area (Å²) in [5, 5.41) is 30.4. The number of hydrogen-bond donors (Lipinski definition) is 2. The number of quaternary nitrogens is 1. The van der Waals surface area contributed by atoms with Gasteiger partial charge in [0.05, 0.1) is 32.2 Å². The van der Waals surface area contributed by atoms with Crippen LogP contribution < -0.4 is 29.1 Å². The molecule has 0 amide bonds. The van der Waals surface area contributed by atoms with Gasteiger partial charge in [-0.15, -0.1) is 0 Å². The largest absolute Gasteiger partial charge is 1.00 e. The van der Waals surface area contributed by atoms with Crippen molar-refractivity contribution in [2.75, 3.05) is 32.8 Å². The molecule has 6 heteroatoms. The van der Waals surface area contributed by atoms with Gasteiger partial charge in [0.1, 0.15) is 6.54 Å². The fourth-order valence-electron chi connectivity index (χ4n) is 3.12. The van der Waals surface area contributed by atoms with E-state index < -0.39 is 11.6 Å². The Kier molecular flexibility index (Phi) is 12.2. The Balaban J connectivity index is 0.000000577. The van der Waals surface area contributed by atoms with Gasteiger partial charge in [0, 0.05) is 0 Å². The van der Waals surface area contributed by atoms with Crippen molar-refractivity contribution in [1.29, 1.82) is 0 Å². The minimum absolute atomic E-state index is 0. The van der Waals surface area contributed by atoms with Crippen LogP contribution in [0.4, 0.5) is 0 Å². The van der Waals surface area contributed by atoms with Crippen LogP contribution in [-0.4, -0.2) is 53.5 Å². The maximum Gasteiger partial charge on any atom is 0.154 e. The van der Waals surface area contributed by atoms with E-state index in [0.29, 0.717) is 6.61 Å². The highest BCUT2D eigenvalue weighted by Crippen LogP contribution is 2.28. The fraction of sp³-hybridized carbons (Fsp3) is 0.409. The summed E-state index contributed by atoms with van der Waals surface area (Å²) in [6.45, 7) is 11.2. The Hall–Kier alpha value is -1.48. The molecule has 0 fully saturated rings. The van der Waals surface area contributed by atoms with Crippen molar-refractivity contribution >= 4 is 5.97 Å². The van der Waals surface area contributed by atoms with Gasteiger partial charge in [-0.1, -0.05) is 60.7 Å². The number of carboxylic acids is 1. The van der Waals surface area contributed by atoms with Crippen LogP contribution in [0.2, 0.25) is 0 Å². The number of carboxylic acid groups (broad SMARTS) is 1. The number of hydrogen-bond acceptors (Lipinski definition) is 4. The van der Waals surface area contributed by atoms with Gasteiger partial charge < -0.3 is 48.6 Å². The minimum atomic E-state index is -2.11. The molecule has 0 aliphatic carbocycles. The van der Waals surface area contributed by atoms with Gasteiger partial charge >= 0.3 is 0 Å². The van der Waals surface area contributed by atoms with Gasteiger partial charge in [0.15, 0.2) is 5.60 Å². The average molecular weight is 500 g/mol. The third-order valence-corrected chi connectivity index (χ3v) is 5.27. The first-order valence-electron chi connectivity index (χ1n) is 9.41. The molecule has 156 valence electrons. The molecule has 0 bridgehead atoms. The van der Waals surface area contributed by atoms with Crippen molar-refractivity contribution in [3.63, 3.8) is 0 Å². The number of halogens is 1. The van der Waals surface area contributed by atoms with Crippen molar-refractivity contribution in [1.82, 2.24) is 0 Å². The number of carbonyl (C=O) groups is 1. The zero-order valence-electron chi connectivity index (χ0n) is 16.8. The quantitative estimate of drug-likeness (QED) is 0.343. The summed E-state index contributed by atoms with van der Waals surface area (Å²) in [5.41, 5.74) is -1.54. The number of aliphatic hydroxyl groups excluding tert-OH is 1. The third-order valence-electron chi connectivity index (χ3n) is 5.27. The standard InChI is InChI=1S/C14H12O3.C8H20NO.HI/c15-13(16)14(17,11-7-3-1-4-8-11)12-9-5-2-6-10-12;1-4-9(5-2,6-3)7-8-10;/h1-10,17H,(H,15,16);10H,4-8H2,1-3H3;1H/q;+1;/p-2. The molecule has 2 aromatic rings. The van der Waals surface area contributed by atoms with E-state index in [2.05, 4.69) is 20.8 Å². The summed E-state index contributed by atoms with van der Waals surface area (Å²) in [4.78, 5) is 11.3. The van der Waals surface area contributed by atoms with E-state index in [1.54, 1.807) is 60.7 Å². The van der Waals surface area contributed by atoms with Crippen LogP contribution in [0.3, 0.4) is 0 Å². The Bertz CT molecular complexity index is 628. The van der Waals surface area contributed by atoms with Crippen molar-refractivity contribution in [2.45, 2.75) is 26.4 Å². The molecule has 5 nitrogen and oxygen atoms in total. The maximum atomic E-state index is 11.3. The molecule has 0 atom stereocenters. The van der Waals surface area contributed by atoms with E-state index in [1.165, 1.54) is 0 Å². The number of aliphatic carboxylic acids is 1. The second kappa shape index (κ2) is 12.9. The molecular weight excluding hydrogens is 469 g/mol. The number of aliphatic hydroxyl groups is 2. The van der Waals surface area contributed by atoms with Gasteiger partial charge in [-0.2, -0.15) is 0 Å². The van der Waals surface area contributed by atoms with Crippen LogP contribution in [0.5, 0.6) is 0 Å². The second-order valence-electron chi connectivity index (χ2n) is 6.47. The fourth-order valence-corrected chi connectivity index (χ4v) is 3.12. The second-order valence-corrected chi connectivity index (χ2v) is 6.47. The van der Waals surface area contributed by atoms with E-state index in [9.17, 15) is 15.0 Å². The molecular formula is C22H31INO4-. The lowest BCUT2D eigenvalue weighted by molar-refractivity contribution is -0.923. The number of benzene rings is 2. The lowest BCUT2D eigenvalue weighted by Gasteiger charge is -2.34. The van der Waals surface area contributed by atoms with Crippen LogP contribution >= 0.6 is 0 Å². The van der Waals surface area contributed by atoms with Crippen LogP contribution in [0.1, 0.15) is 31.9 Å². The zero-order chi connectivity index (χ0) is 20.3. The lowest BCUT2D eigenvalue weighted by Crippen LogP contribution is -3.00. The monoisotopic (exact) mass is 500 g/mol. The van der Waals surface area contributed by atoms with Crippen molar-refractivity contribution in [2.24, 2.45) is 0 Å². The molecule has 2 aromatic carbocycles. The number of rotatable bonds is 8. The molecule has 0 unspecified atom stereocenters. The highest BCUT2D eigenvalue weighted by atomic mass is 127. The molecule has 28 heavy (non-hydrogen) atoms. The first-order valence-corrected chi connectivity index (χ1v) is 9.41. The van der Waals surface area contributed by atoms with Gasteiger partial charge in [-0.3, -0.25) is 0 Å². The Morgan fingerprint density at radius 3 is 1.46 bits per heavy atom. The Morgan fingerprint density at radius 2 is 1.25 bits per heavy atom. The lowest BCUT2D eigenvalue weighted by atomic mass is 9.86. The van der Waals surface area contributed by atoms with Gasteiger partial charge in [-0.05, 0) is 31.9 Å². The van der Waals surface area contributed by atoms with Crippen LogP contribution in [0.25, 0.3) is 0 Å². The number of carbonyl (C=O) groups excluding carboxylic acids is 1. The topological polar surface area (TPSA) is 80.6 Å². The van der Waals surface area contributed by atoms with E-state index in [0.717, 1.165) is 30.7 Å². The number of likely N-dealkylation sites (N-methyl/N-ethyl adjacent to an activating group) is 1. The molecule has 0 aliphatic rings. The Morgan fingerprint density at radius 1 is 0.893 bits per heavy atom. The average Bonchev–Trinajstić information content (AvgIpc) is 2.73. The summed E-state index contributed by atoms with van der Waals surface area (Å²) < 4.78 is 1.05. The normalized spacial score (nSPS) is 11.0. The van der Waals surface area contributed by atoms with Crippen molar-refractivity contribution in [3.8, 4) is 0 Å². The smallest absolute Gasteiger partial charge is 0.154 e. The van der Waals surface area contributed by atoms with Gasteiger partial charge in [-0.25, -0.2) is 0 Å². The molecule has 0 heterocycles. The zero-order valence-corrected chi connectivity index (χ0v) is 19.0. The summed E-state index contributed by atoms with van der Waals surface area (Å²) in [5.74, 6) is -1.53. The van der Waals surface area contributed by atoms with Crippen molar-refractivity contribution in [3.05, 3.63) is 71.8 Å². The van der Waals surface area contributed by atoms with E-state index in [4.69, 9.17) is 5.11 Å². The Labute approximate surface area is 185 Å². The maximum absolute atomic E-state index is 11.3. The molecule has 2 N–H and O–H groups in total. The van der Waals surface area contributed by atoms with Gasteiger partial charge in [0.2, 0.25) is 0 Å². The summed E-state index contributed by atoms with van der Waals surface area (Å²) >= 11 is 0. The molecule has 2 rings (SSSR count). The summed E-state index contributed by atoms with van der Waals surface area (Å²) in [7, 11) is 0. The van der Waals surface area contributed by atoms with Crippen molar-refractivity contribution < 1.29 is 48.6 Å². The van der Waals surface area contributed by atoms with E-state index in [-0.39, 0.29) is 35.1 Å². The third kappa shape index (κ3) is 6.55. The first-order chi connectivity index (χ1) is 12.9. The first kappa shape index (κ1) is 26.5. The van der Waals surface area contributed by atoms with Gasteiger partial charge in [0.25, 0.3) is 0 Å². The molecule has 0 aromatic heterocycles. The molecule has 0 saturated carbocycles. The molecule has 0 saturated heterocycles. The molecule has 0 spiro atoms. The van der Waals surface area contributed by atoms with Crippen LogP contribution in [-0.2, 0) is 10.4 Å². The number of nitrogens with zero attached hydrogens (tertiary/aromatic N) is 1. The predicted molar refractivity (Wildman–Crippen MR) is 105 cm³/mol. The molecule has 0 radical (unpaired) electrons. The van der Waals surface area contributed by atoms with Crippen LogP contribution in [0.15, 0.2) is 60.7 Å². The highest BCUT2D eigenvalue weighted by molar-refractivity contribution is 5.81. The van der Waals surface area contributed by atoms with Crippen LogP contribution in [0, 0.1) is 0 Å². The SMILES string of the molecule is CC[N+](CC)(CC)CCO.O=C([O-])C(O)(c1ccccc1)c1ccccc1.[I-]. The van der Waals surface area contributed by atoms with E-state index in [1.807, 2.05) is 0 Å². The molecule has 0 aliphatic heterocycles. The summed E-state index contributed by atoms with van der Waals surface area (Å²) in [6.07, 6.45) is 0. The predicted octanol–water partition coefficient (Wildman–Crippen LogP) is -1.47. The van der Waals surface area contributed by atoms with E-state index >= 15 is 0 Å². The summed E-state index contributed by atoms with van der Waals surface area (Å²) in [6, 6.07) is 16.4. The minimum Gasteiger partial charge on any atom is -1.00 e. The highest BCUT2D eigenvalue weighted by Gasteiger charge is 2.32.